The molecule has 0 N–H and O–H groups in total. The zero-order chi connectivity index (χ0) is 18.1. The number of aromatic nitrogens is 2. The van der Waals surface area contributed by atoms with Gasteiger partial charge in [-0.05, 0) is 33.3 Å². The highest BCUT2D eigenvalue weighted by atomic mass is 32.1. The number of ether oxygens (including phenoxy) is 1. The molecule has 1 atom stereocenters. The van der Waals surface area contributed by atoms with Gasteiger partial charge in [0, 0.05) is 10.4 Å². The van der Waals surface area contributed by atoms with Gasteiger partial charge in [0.1, 0.15) is 10.9 Å². The van der Waals surface area contributed by atoms with Crippen LogP contribution in [-0.2, 0) is 9.53 Å². The van der Waals surface area contributed by atoms with Crippen LogP contribution in [0.15, 0.2) is 41.5 Å². The molecule has 2 heterocycles. The van der Waals surface area contributed by atoms with Crippen LogP contribution in [0.4, 0.5) is 0 Å². The van der Waals surface area contributed by atoms with E-state index in [1.165, 1.54) is 22.2 Å². The number of hydrogen-bond donors (Lipinski definition) is 0. The second-order valence-corrected chi connectivity index (χ2v) is 7.40. The minimum Gasteiger partial charge on any atom is -0.461 e. The number of benzene rings is 1. The predicted molar refractivity (Wildman–Crippen MR) is 100.0 cm³/mol. The average molecular weight is 356 g/mol. The van der Waals surface area contributed by atoms with Gasteiger partial charge in [0.2, 0.25) is 0 Å². The summed E-state index contributed by atoms with van der Waals surface area (Å²) in [6.45, 7) is 7.20. The number of hydrogen-bond acceptors (Lipinski definition) is 5. The zero-order valence-corrected chi connectivity index (χ0v) is 15.5. The zero-order valence-electron chi connectivity index (χ0n) is 14.6. The lowest BCUT2D eigenvalue weighted by atomic mass is 10.0. The molecule has 3 rings (SSSR count). The lowest BCUT2D eigenvalue weighted by molar-refractivity contribution is -0.151. The molecule has 3 aromatic rings. The Morgan fingerprint density at radius 1 is 1.20 bits per heavy atom. The van der Waals surface area contributed by atoms with E-state index in [9.17, 15) is 9.59 Å². The number of fused-ring (bicyclic) bond motifs is 1. The Bertz CT molecular complexity index is 973. The molecule has 0 saturated carbocycles. The smallest absolute Gasteiger partial charge is 0.329 e. The van der Waals surface area contributed by atoms with Gasteiger partial charge >= 0.3 is 5.97 Å². The van der Waals surface area contributed by atoms with Crippen LogP contribution in [0.5, 0.6) is 0 Å². The molecule has 1 unspecified atom stereocenters. The van der Waals surface area contributed by atoms with Gasteiger partial charge in [0.05, 0.1) is 17.8 Å². The maximum absolute atomic E-state index is 13.1. The molecule has 0 aliphatic carbocycles. The summed E-state index contributed by atoms with van der Waals surface area (Å²) < 4.78 is 6.58. The summed E-state index contributed by atoms with van der Waals surface area (Å²) in [4.78, 5) is 31.4. The summed E-state index contributed by atoms with van der Waals surface area (Å²) in [6.07, 6.45) is 1.20. The third-order valence-electron chi connectivity index (χ3n) is 3.99. The standard InChI is InChI=1S/C19H20N2O3S/c1-11(2)24-19(23)12(3)21-10-20-17-16(18(21)22)15(13(4)25-17)14-8-6-5-7-9-14/h5-12H,1-4H3. The first-order chi connectivity index (χ1) is 11.9. The lowest BCUT2D eigenvalue weighted by Crippen LogP contribution is -2.30. The Hall–Kier alpha value is -2.47. The van der Waals surface area contributed by atoms with E-state index < -0.39 is 12.0 Å². The Morgan fingerprint density at radius 2 is 1.88 bits per heavy atom. The van der Waals surface area contributed by atoms with Gasteiger partial charge in [0.15, 0.2) is 0 Å². The fourth-order valence-corrected chi connectivity index (χ4v) is 3.79. The second kappa shape index (κ2) is 6.80. The van der Waals surface area contributed by atoms with Crippen LogP contribution < -0.4 is 5.56 Å². The molecule has 0 bridgehead atoms. The summed E-state index contributed by atoms with van der Waals surface area (Å²) in [5.41, 5.74) is 1.64. The van der Waals surface area contributed by atoms with E-state index in [-0.39, 0.29) is 11.7 Å². The summed E-state index contributed by atoms with van der Waals surface area (Å²) in [5, 5.41) is 0.556. The third-order valence-corrected chi connectivity index (χ3v) is 5.00. The van der Waals surface area contributed by atoms with Crippen LogP contribution in [0.25, 0.3) is 21.3 Å². The first kappa shape index (κ1) is 17.4. The van der Waals surface area contributed by atoms with Gasteiger partial charge in [0.25, 0.3) is 5.56 Å². The average Bonchev–Trinajstić information content (AvgIpc) is 2.91. The van der Waals surface area contributed by atoms with Crippen LogP contribution in [0.2, 0.25) is 0 Å². The molecule has 0 aliphatic heterocycles. The summed E-state index contributed by atoms with van der Waals surface area (Å²) in [7, 11) is 0. The second-order valence-electron chi connectivity index (χ2n) is 6.20. The minimum absolute atomic E-state index is 0.221. The number of rotatable bonds is 4. The molecule has 0 aliphatic rings. The number of thiophene rings is 1. The molecule has 0 spiro atoms. The van der Waals surface area contributed by atoms with Gasteiger partial charge in [-0.15, -0.1) is 11.3 Å². The van der Waals surface area contributed by atoms with E-state index in [1.54, 1.807) is 20.8 Å². The summed E-state index contributed by atoms with van der Waals surface area (Å²) in [5.74, 6) is -0.438. The third kappa shape index (κ3) is 3.22. The van der Waals surface area contributed by atoms with Crippen molar-refractivity contribution in [1.82, 2.24) is 9.55 Å². The predicted octanol–water partition coefficient (Wildman–Crippen LogP) is 3.95. The SMILES string of the molecule is Cc1sc2ncn(C(C)C(=O)OC(C)C)c(=O)c2c1-c1ccccc1. The van der Waals surface area contributed by atoms with Crippen molar-refractivity contribution in [1.29, 1.82) is 0 Å². The fraction of sp³-hybridized carbons (Fsp3) is 0.316. The van der Waals surface area contributed by atoms with Gasteiger partial charge in [-0.2, -0.15) is 0 Å². The van der Waals surface area contributed by atoms with Gasteiger partial charge in [-0.25, -0.2) is 9.78 Å². The van der Waals surface area contributed by atoms with E-state index in [1.807, 2.05) is 37.3 Å². The first-order valence-electron chi connectivity index (χ1n) is 8.16. The number of carbonyl (C=O) groups is 1. The fourth-order valence-electron chi connectivity index (χ4n) is 2.79. The summed E-state index contributed by atoms with van der Waals surface area (Å²) in [6, 6.07) is 9.04. The molecule has 6 heteroatoms. The molecule has 0 fully saturated rings. The molecule has 0 amide bonds. The molecule has 1 aromatic carbocycles. The maximum Gasteiger partial charge on any atom is 0.329 e. The maximum atomic E-state index is 13.1. The van der Waals surface area contributed by atoms with E-state index in [2.05, 4.69) is 4.98 Å². The highest BCUT2D eigenvalue weighted by Gasteiger charge is 2.23. The van der Waals surface area contributed by atoms with Gasteiger partial charge in [-0.3, -0.25) is 9.36 Å². The van der Waals surface area contributed by atoms with Crippen molar-refractivity contribution < 1.29 is 9.53 Å². The van der Waals surface area contributed by atoms with Crippen LogP contribution in [0, 0.1) is 6.92 Å². The monoisotopic (exact) mass is 356 g/mol. The number of carbonyl (C=O) groups excluding carboxylic acids is 1. The lowest BCUT2D eigenvalue weighted by Gasteiger charge is -2.16. The van der Waals surface area contributed by atoms with E-state index in [0.717, 1.165) is 16.0 Å². The van der Waals surface area contributed by atoms with E-state index in [0.29, 0.717) is 10.2 Å². The van der Waals surface area contributed by atoms with Crippen molar-refractivity contribution in [3.63, 3.8) is 0 Å². The van der Waals surface area contributed by atoms with Crippen molar-refractivity contribution >= 4 is 27.5 Å². The largest absolute Gasteiger partial charge is 0.461 e. The quantitative estimate of drug-likeness (QED) is 0.664. The van der Waals surface area contributed by atoms with E-state index in [4.69, 9.17) is 4.74 Å². The Kier molecular flexibility index (Phi) is 4.72. The first-order valence-corrected chi connectivity index (χ1v) is 8.98. The number of aryl methyl sites for hydroxylation is 1. The molecule has 0 saturated heterocycles. The molecule has 0 radical (unpaired) electrons. The summed E-state index contributed by atoms with van der Waals surface area (Å²) >= 11 is 1.49. The van der Waals surface area contributed by atoms with Crippen molar-refractivity contribution in [3.05, 3.63) is 51.9 Å². The Morgan fingerprint density at radius 3 is 2.52 bits per heavy atom. The van der Waals surface area contributed by atoms with Crippen molar-refractivity contribution in [3.8, 4) is 11.1 Å². The highest BCUT2D eigenvalue weighted by Crippen LogP contribution is 2.35. The van der Waals surface area contributed by atoms with Crippen LogP contribution in [-0.4, -0.2) is 21.6 Å². The Labute approximate surface area is 149 Å². The van der Waals surface area contributed by atoms with Gasteiger partial charge in [-0.1, -0.05) is 30.3 Å². The molecule has 2 aromatic heterocycles. The molecule has 25 heavy (non-hydrogen) atoms. The molecule has 130 valence electrons. The molecular formula is C19H20N2O3S. The minimum atomic E-state index is -0.726. The molecular weight excluding hydrogens is 336 g/mol. The van der Waals surface area contributed by atoms with Gasteiger partial charge < -0.3 is 4.74 Å². The van der Waals surface area contributed by atoms with Crippen LogP contribution >= 0.6 is 11.3 Å². The van der Waals surface area contributed by atoms with Crippen molar-refractivity contribution in [2.24, 2.45) is 0 Å². The number of esters is 1. The highest BCUT2D eigenvalue weighted by molar-refractivity contribution is 7.19. The topological polar surface area (TPSA) is 61.2 Å². The van der Waals surface area contributed by atoms with Crippen LogP contribution in [0.1, 0.15) is 31.7 Å². The molecule has 5 nitrogen and oxygen atoms in total. The Balaban J connectivity index is 2.17. The van der Waals surface area contributed by atoms with Crippen molar-refractivity contribution in [2.75, 3.05) is 0 Å². The van der Waals surface area contributed by atoms with Crippen LogP contribution in [0.3, 0.4) is 0 Å². The normalized spacial score (nSPS) is 12.5. The van der Waals surface area contributed by atoms with E-state index >= 15 is 0 Å². The number of nitrogens with zero attached hydrogens (tertiary/aromatic N) is 2. The van der Waals surface area contributed by atoms with Crippen molar-refractivity contribution in [2.45, 2.75) is 39.8 Å².